The molecule has 1 aliphatic carbocycles. The van der Waals surface area contributed by atoms with Crippen LogP contribution in [0.3, 0.4) is 0 Å². The molecule has 1 aromatic heterocycles. The van der Waals surface area contributed by atoms with Crippen molar-refractivity contribution in [2.24, 2.45) is 0 Å². The highest BCUT2D eigenvalue weighted by molar-refractivity contribution is 6.30. The molecule has 0 radical (unpaired) electrons. The van der Waals surface area contributed by atoms with Gasteiger partial charge in [-0.1, -0.05) is 68.5 Å². The molecule has 2 aliphatic rings. The molecule has 1 N–H and O–H groups in total. The third-order valence-electron chi connectivity index (χ3n) is 6.85. The highest BCUT2D eigenvalue weighted by Crippen LogP contribution is 2.46. The van der Waals surface area contributed by atoms with E-state index < -0.39 is 0 Å². The Morgan fingerprint density at radius 3 is 2.48 bits per heavy atom. The lowest BCUT2D eigenvalue weighted by atomic mass is 9.95. The van der Waals surface area contributed by atoms with Gasteiger partial charge in [-0.2, -0.15) is 5.10 Å². The van der Waals surface area contributed by atoms with Gasteiger partial charge in [0.1, 0.15) is 11.4 Å². The van der Waals surface area contributed by atoms with Crippen molar-refractivity contribution in [3.8, 4) is 17.0 Å². The number of carbonyl (C=O) groups excluding carboxylic acids is 1. The van der Waals surface area contributed by atoms with E-state index >= 15 is 0 Å². The van der Waals surface area contributed by atoms with Gasteiger partial charge in [-0.3, -0.25) is 9.89 Å². The lowest BCUT2D eigenvalue weighted by Gasteiger charge is -2.32. The summed E-state index contributed by atoms with van der Waals surface area (Å²) in [4.78, 5) is 15.6. The molecule has 5 rings (SSSR count). The average Bonchev–Trinajstić information content (AvgIpc) is 3.56. The minimum Gasteiger partial charge on any atom is -0.494 e. The van der Waals surface area contributed by atoms with Gasteiger partial charge in [0.2, 0.25) is 0 Å². The summed E-state index contributed by atoms with van der Waals surface area (Å²) in [6.07, 6.45) is 7.86. The number of carbonyl (C=O) groups is 1. The fourth-order valence-corrected chi connectivity index (χ4v) is 5.29. The normalized spacial score (nSPS) is 18.2. The van der Waals surface area contributed by atoms with Crippen LogP contribution in [0.15, 0.2) is 48.5 Å². The number of benzene rings is 2. The number of halogens is 1. The van der Waals surface area contributed by atoms with E-state index in [4.69, 9.17) is 16.3 Å². The molecule has 1 fully saturated rings. The van der Waals surface area contributed by atoms with Crippen LogP contribution in [-0.4, -0.2) is 33.7 Å². The van der Waals surface area contributed by atoms with Crippen LogP contribution >= 0.6 is 11.6 Å². The number of hydrogen-bond donors (Lipinski definition) is 1. The van der Waals surface area contributed by atoms with Crippen molar-refractivity contribution in [3.63, 3.8) is 0 Å². The van der Waals surface area contributed by atoms with E-state index in [9.17, 15) is 4.79 Å². The van der Waals surface area contributed by atoms with Crippen molar-refractivity contribution in [3.05, 3.63) is 70.4 Å². The van der Waals surface area contributed by atoms with Crippen LogP contribution < -0.4 is 4.74 Å². The summed E-state index contributed by atoms with van der Waals surface area (Å²) in [7, 11) is 0. The molecule has 2 heterocycles. The van der Waals surface area contributed by atoms with Crippen LogP contribution in [-0.2, 0) is 0 Å². The number of unbranched alkanes of at least 4 members (excludes halogenated alkanes) is 2. The number of H-pyrrole nitrogens is 1. The molecule has 6 heteroatoms. The first kappa shape index (κ1) is 22.0. The van der Waals surface area contributed by atoms with Gasteiger partial charge < -0.3 is 9.64 Å². The number of fused-ring (bicyclic) bond motifs is 1. The molecule has 0 bridgehead atoms. The highest BCUT2D eigenvalue weighted by Gasteiger charge is 2.45. The first-order valence-electron chi connectivity index (χ1n) is 12.1. The molecule has 0 spiro atoms. The molecule has 5 nitrogen and oxygen atoms in total. The Kier molecular flexibility index (Phi) is 6.41. The van der Waals surface area contributed by atoms with Crippen molar-refractivity contribution < 1.29 is 9.53 Å². The molecule has 0 saturated heterocycles. The Hall–Kier alpha value is -2.79. The standard InChI is InChI=1S/C27H30ClN3O2/c1-2-3-6-17-33-22-15-11-19(12-16-22)26-23-24(18-9-13-20(28)14-10-18)29-30-25(23)27(32)31(26)21-7-4-5-8-21/h9-16,21,26H,2-8,17H2,1H3,(H,29,30). The summed E-state index contributed by atoms with van der Waals surface area (Å²) in [6.45, 7) is 2.92. The van der Waals surface area contributed by atoms with Gasteiger partial charge in [-0.15, -0.1) is 0 Å². The van der Waals surface area contributed by atoms with E-state index in [-0.39, 0.29) is 18.0 Å². The first-order valence-corrected chi connectivity index (χ1v) is 12.4. The van der Waals surface area contributed by atoms with Crippen LogP contribution in [0.5, 0.6) is 5.75 Å². The van der Waals surface area contributed by atoms with Crippen molar-refractivity contribution in [2.45, 2.75) is 64.0 Å². The van der Waals surface area contributed by atoms with Gasteiger partial charge >= 0.3 is 0 Å². The molecule has 172 valence electrons. The minimum absolute atomic E-state index is 0.0505. The molecule has 1 saturated carbocycles. The third-order valence-corrected chi connectivity index (χ3v) is 7.10. The Balaban J connectivity index is 1.51. The fraction of sp³-hybridized carbons (Fsp3) is 0.407. The monoisotopic (exact) mass is 463 g/mol. The molecule has 33 heavy (non-hydrogen) atoms. The zero-order valence-electron chi connectivity index (χ0n) is 19.0. The Morgan fingerprint density at radius 2 is 1.79 bits per heavy atom. The topological polar surface area (TPSA) is 58.2 Å². The Labute approximate surface area is 200 Å². The van der Waals surface area contributed by atoms with Gasteiger partial charge in [0.15, 0.2) is 0 Å². The van der Waals surface area contributed by atoms with E-state index in [1.807, 2.05) is 36.4 Å². The van der Waals surface area contributed by atoms with Gasteiger partial charge in [0.05, 0.1) is 18.3 Å². The lowest BCUT2D eigenvalue weighted by Crippen LogP contribution is -2.37. The van der Waals surface area contributed by atoms with Crippen LogP contribution in [0.25, 0.3) is 11.3 Å². The number of rotatable bonds is 8. The zero-order valence-corrected chi connectivity index (χ0v) is 19.8. The molecule has 1 unspecified atom stereocenters. The SMILES string of the molecule is CCCCCOc1ccc(C2c3c(-c4ccc(Cl)cc4)n[nH]c3C(=O)N2C2CCCC2)cc1. The summed E-state index contributed by atoms with van der Waals surface area (Å²) in [5.74, 6) is 0.923. The molecule has 1 amide bonds. The fourth-order valence-electron chi connectivity index (χ4n) is 5.17. The smallest absolute Gasteiger partial charge is 0.273 e. The summed E-state index contributed by atoms with van der Waals surface area (Å²) >= 11 is 6.11. The van der Waals surface area contributed by atoms with E-state index in [1.54, 1.807) is 0 Å². The maximum absolute atomic E-state index is 13.5. The van der Waals surface area contributed by atoms with Gasteiger partial charge in [-0.05, 0) is 49.1 Å². The molecule has 1 aliphatic heterocycles. The van der Waals surface area contributed by atoms with Gasteiger partial charge in [0.25, 0.3) is 5.91 Å². The molecule has 1 atom stereocenters. The van der Waals surface area contributed by atoms with Crippen LogP contribution in [0.2, 0.25) is 5.02 Å². The number of aromatic nitrogens is 2. The number of ether oxygens (including phenoxy) is 1. The minimum atomic E-state index is -0.158. The van der Waals surface area contributed by atoms with Crippen molar-refractivity contribution in [1.82, 2.24) is 15.1 Å². The zero-order chi connectivity index (χ0) is 22.8. The lowest BCUT2D eigenvalue weighted by molar-refractivity contribution is 0.0660. The van der Waals surface area contributed by atoms with Crippen LogP contribution in [0, 0.1) is 0 Å². The highest BCUT2D eigenvalue weighted by atomic mass is 35.5. The second-order valence-electron chi connectivity index (χ2n) is 9.05. The molecular weight excluding hydrogens is 434 g/mol. The Bertz CT molecular complexity index is 1100. The van der Waals surface area contributed by atoms with E-state index in [0.717, 1.165) is 54.0 Å². The molecular formula is C27H30ClN3O2. The van der Waals surface area contributed by atoms with Gasteiger partial charge in [-0.25, -0.2) is 0 Å². The second kappa shape index (κ2) is 9.60. The number of amides is 1. The van der Waals surface area contributed by atoms with Crippen molar-refractivity contribution in [1.29, 1.82) is 0 Å². The van der Waals surface area contributed by atoms with Gasteiger partial charge in [0, 0.05) is 22.2 Å². The van der Waals surface area contributed by atoms with Crippen LogP contribution in [0.1, 0.15) is 79.5 Å². The van der Waals surface area contributed by atoms with E-state index in [2.05, 4.69) is 34.2 Å². The maximum Gasteiger partial charge on any atom is 0.273 e. The molecule has 2 aromatic carbocycles. The number of nitrogens with zero attached hydrogens (tertiary/aromatic N) is 2. The number of hydrogen-bond acceptors (Lipinski definition) is 3. The average molecular weight is 464 g/mol. The summed E-state index contributed by atoms with van der Waals surface area (Å²) in [5, 5.41) is 8.30. The van der Waals surface area contributed by atoms with Crippen molar-refractivity contribution >= 4 is 17.5 Å². The quantitative estimate of drug-likeness (QED) is 0.374. The van der Waals surface area contributed by atoms with Crippen LogP contribution in [0.4, 0.5) is 0 Å². The number of aromatic amines is 1. The molecule has 3 aromatic rings. The van der Waals surface area contributed by atoms with E-state index in [0.29, 0.717) is 10.7 Å². The second-order valence-corrected chi connectivity index (χ2v) is 9.48. The number of nitrogens with one attached hydrogen (secondary N) is 1. The van der Waals surface area contributed by atoms with E-state index in [1.165, 1.54) is 25.7 Å². The Morgan fingerprint density at radius 1 is 1.06 bits per heavy atom. The predicted molar refractivity (Wildman–Crippen MR) is 131 cm³/mol. The maximum atomic E-state index is 13.5. The summed E-state index contributed by atoms with van der Waals surface area (Å²) in [5.41, 5.74) is 4.44. The summed E-state index contributed by atoms with van der Waals surface area (Å²) < 4.78 is 5.92. The summed E-state index contributed by atoms with van der Waals surface area (Å²) in [6, 6.07) is 16.0. The first-order chi connectivity index (χ1) is 16.2. The third kappa shape index (κ3) is 4.26. The van der Waals surface area contributed by atoms with Crippen molar-refractivity contribution in [2.75, 3.05) is 6.61 Å². The predicted octanol–water partition coefficient (Wildman–Crippen LogP) is 6.79. The largest absolute Gasteiger partial charge is 0.494 e.